The molecule has 1 N–H and O–H groups in total. The highest BCUT2D eigenvalue weighted by molar-refractivity contribution is 6.31. The van der Waals surface area contributed by atoms with Crippen molar-refractivity contribution >= 4 is 17.3 Å². The Morgan fingerprint density at radius 3 is 2.72 bits per heavy atom. The summed E-state index contributed by atoms with van der Waals surface area (Å²) < 4.78 is 13.8. The molecule has 2 nitrogen and oxygen atoms in total. The minimum Gasteiger partial charge on any atom is -0.380 e. The van der Waals surface area contributed by atoms with Crippen molar-refractivity contribution in [3.63, 3.8) is 0 Å². The third-order valence-electron chi connectivity index (χ3n) is 3.81. The highest BCUT2D eigenvalue weighted by Crippen LogP contribution is 2.26. The van der Waals surface area contributed by atoms with Crippen LogP contribution in [0.5, 0.6) is 0 Å². The largest absolute Gasteiger partial charge is 0.380 e. The van der Waals surface area contributed by atoms with E-state index < -0.39 is 0 Å². The molecular weight excluding hydrogens is 251 g/mol. The van der Waals surface area contributed by atoms with Crippen LogP contribution in [-0.2, 0) is 0 Å². The van der Waals surface area contributed by atoms with Gasteiger partial charge in [0.25, 0.3) is 0 Å². The first kappa shape index (κ1) is 13.6. The normalized spacial score (nSPS) is 19.8. The van der Waals surface area contributed by atoms with E-state index in [-0.39, 0.29) is 16.9 Å². The Labute approximate surface area is 113 Å². The van der Waals surface area contributed by atoms with Gasteiger partial charge in [-0.05, 0) is 58.0 Å². The zero-order valence-corrected chi connectivity index (χ0v) is 11.7. The SMILES string of the molecule is CC(Nc1cccc(Cl)c1F)C1CCN(C)CC1. The van der Waals surface area contributed by atoms with Crippen LogP contribution in [0.3, 0.4) is 0 Å². The highest BCUT2D eigenvalue weighted by atomic mass is 35.5. The van der Waals surface area contributed by atoms with Gasteiger partial charge in [0.05, 0.1) is 10.7 Å². The summed E-state index contributed by atoms with van der Waals surface area (Å²) in [6.45, 7) is 4.36. The zero-order valence-electron chi connectivity index (χ0n) is 10.9. The molecule has 0 saturated carbocycles. The number of hydrogen-bond donors (Lipinski definition) is 1. The first-order valence-corrected chi connectivity index (χ1v) is 6.85. The number of hydrogen-bond acceptors (Lipinski definition) is 2. The molecule has 0 bridgehead atoms. The molecule has 0 aliphatic carbocycles. The quantitative estimate of drug-likeness (QED) is 0.902. The van der Waals surface area contributed by atoms with E-state index in [9.17, 15) is 4.39 Å². The van der Waals surface area contributed by atoms with Crippen LogP contribution in [-0.4, -0.2) is 31.1 Å². The lowest BCUT2D eigenvalue weighted by molar-refractivity contribution is 0.208. The van der Waals surface area contributed by atoms with Crippen LogP contribution >= 0.6 is 11.6 Å². The Hall–Kier alpha value is -0.800. The molecule has 100 valence electrons. The molecular formula is C14H20ClFN2. The smallest absolute Gasteiger partial charge is 0.164 e. The van der Waals surface area contributed by atoms with Gasteiger partial charge < -0.3 is 10.2 Å². The summed E-state index contributed by atoms with van der Waals surface area (Å²) in [7, 11) is 2.14. The van der Waals surface area contributed by atoms with Gasteiger partial charge in [0.2, 0.25) is 0 Å². The monoisotopic (exact) mass is 270 g/mol. The summed E-state index contributed by atoms with van der Waals surface area (Å²) in [5.41, 5.74) is 0.508. The molecule has 1 aliphatic heterocycles. The molecule has 0 spiro atoms. The highest BCUT2D eigenvalue weighted by Gasteiger charge is 2.22. The lowest BCUT2D eigenvalue weighted by Gasteiger charge is -2.33. The van der Waals surface area contributed by atoms with Gasteiger partial charge in [-0.25, -0.2) is 4.39 Å². The molecule has 0 aromatic heterocycles. The van der Waals surface area contributed by atoms with E-state index in [4.69, 9.17) is 11.6 Å². The van der Waals surface area contributed by atoms with Gasteiger partial charge in [-0.3, -0.25) is 0 Å². The van der Waals surface area contributed by atoms with Crippen molar-refractivity contribution in [2.45, 2.75) is 25.8 Å². The van der Waals surface area contributed by atoms with Crippen molar-refractivity contribution in [2.24, 2.45) is 5.92 Å². The van der Waals surface area contributed by atoms with Gasteiger partial charge in [-0.2, -0.15) is 0 Å². The first-order valence-electron chi connectivity index (χ1n) is 6.47. The Morgan fingerprint density at radius 2 is 2.06 bits per heavy atom. The van der Waals surface area contributed by atoms with E-state index in [1.165, 1.54) is 0 Å². The van der Waals surface area contributed by atoms with Crippen LogP contribution in [0, 0.1) is 11.7 Å². The number of piperidine rings is 1. The summed E-state index contributed by atoms with van der Waals surface area (Å²) >= 11 is 5.78. The maximum Gasteiger partial charge on any atom is 0.164 e. The Balaban J connectivity index is 1.98. The third-order valence-corrected chi connectivity index (χ3v) is 4.10. The van der Waals surface area contributed by atoms with Crippen molar-refractivity contribution in [2.75, 3.05) is 25.5 Å². The van der Waals surface area contributed by atoms with E-state index >= 15 is 0 Å². The number of likely N-dealkylation sites (tertiary alicyclic amines) is 1. The third kappa shape index (κ3) is 3.15. The number of halogens is 2. The van der Waals surface area contributed by atoms with E-state index in [1.807, 2.05) is 0 Å². The summed E-state index contributed by atoms with van der Waals surface area (Å²) in [5.74, 6) is 0.249. The van der Waals surface area contributed by atoms with Gasteiger partial charge in [0.15, 0.2) is 5.82 Å². The standard InChI is InChI=1S/C14H20ClFN2/c1-10(11-6-8-18(2)9-7-11)17-13-5-3-4-12(15)14(13)16/h3-5,10-11,17H,6-9H2,1-2H3. The molecule has 4 heteroatoms. The molecule has 1 unspecified atom stereocenters. The molecule has 1 fully saturated rings. The maximum atomic E-state index is 13.8. The molecule has 1 atom stereocenters. The predicted molar refractivity (Wildman–Crippen MR) is 74.7 cm³/mol. The minimum absolute atomic E-state index is 0.176. The van der Waals surface area contributed by atoms with Gasteiger partial charge >= 0.3 is 0 Å². The maximum absolute atomic E-state index is 13.8. The van der Waals surface area contributed by atoms with Crippen molar-refractivity contribution in [1.29, 1.82) is 0 Å². The van der Waals surface area contributed by atoms with E-state index in [2.05, 4.69) is 24.2 Å². The Kier molecular flexibility index (Phi) is 4.46. The summed E-state index contributed by atoms with van der Waals surface area (Å²) in [6, 6.07) is 5.36. The lowest BCUT2D eigenvalue weighted by Crippen LogP contribution is -2.37. The van der Waals surface area contributed by atoms with Gasteiger partial charge in [-0.1, -0.05) is 17.7 Å². The summed E-state index contributed by atoms with van der Waals surface area (Å²) in [5, 5.41) is 3.43. The average molecular weight is 271 g/mol. The number of nitrogens with one attached hydrogen (secondary N) is 1. The molecule has 0 radical (unpaired) electrons. The molecule has 0 amide bonds. The molecule has 18 heavy (non-hydrogen) atoms. The van der Waals surface area contributed by atoms with Crippen LogP contribution in [0.15, 0.2) is 18.2 Å². The number of anilines is 1. The fourth-order valence-electron chi connectivity index (χ4n) is 2.51. The van der Waals surface area contributed by atoms with Crippen LogP contribution in [0.25, 0.3) is 0 Å². The molecule has 1 aromatic carbocycles. The molecule has 1 saturated heterocycles. The topological polar surface area (TPSA) is 15.3 Å². The van der Waals surface area contributed by atoms with Gasteiger partial charge in [-0.15, -0.1) is 0 Å². The van der Waals surface area contributed by atoms with Crippen LogP contribution in [0.1, 0.15) is 19.8 Å². The number of nitrogens with zero attached hydrogens (tertiary/aromatic N) is 1. The molecule has 1 aliphatic rings. The molecule has 2 rings (SSSR count). The lowest BCUT2D eigenvalue weighted by atomic mass is 9.90. The van der Waals surface area contributed by atoms with E-state index in [1.54, 1.807) is 18.2 Å². The average Bonchev–Trinajstić information content (AvgIpc) is 2.36. The number of benzene rings is 1. The number of rotatable bonds is 3. The van der Waals surface area contributed by atoms with Gasteiger partial charge in [0, 0.05) is 6.04 Å². The summed E-state index contributed by atoms with van der Waals surface area (Å²) in [4.78, 5) is 2.34. The molecule has 1 heterocycles. The minimum atomic E-state index is -0.348. The Bertz CT molecular complexity index is 403. The van der Waals surface area contributed by atoms with Crippen molar-refractivity contribution in [3.05, 3.63) is 29.0 Å². The second-order valence-electron chi connectivity index (χ2n) is 5.18. The van der Waals surface area contributed by atoms with Crippen molar-refractivity contribution < 1.29 is 4.39 Å². The Morgan fingerprint density at radius 1 is 1.39 bits per heavy atom. The van der Waals surface area contributed by atoms with Crippen LogP contribution in [0.4, 0.5) is 10.1 Å². The van der Waals surface area contributed by atoms with E-state index in [0.717, 1.165) is 25.9 Å². The van der Waals surface area contributed by atoms with Crippen LogP contribution < -0.4 is 5.32 Å². The predicted octanol–water partition coefficient (Wildman–Crippen LogP) is 3.62. The molecule has 1 aromatic rings. The second kappa shape index (κ2) is 5.89. The fraction of sp³-hybridized carbons (Fsp3) is 0.571. The van der Waals surface area contributed by atoms with Crippen molar-refractivity contribution in [1.82, 2.24) is 4.90 Å². The van der Waals surface area contributed by atoms with Crippen LogP contribution in [0.2, 0.25) is 5.02 Å². The van der Waals surface area contributed by atoms with E-state index in [0.29, 0.717) is 11.6 Å². The van der Waals surface area contributed by atoms with Crippen molar-refractivity contribution in [3.8, 4) is 0 Å². The fourth-order valence-corrected chi connectivity index (χ4v) is 2.68. The first-order chi connectivity index (χ1) is 8.58. The summed E-state index contributed by atoms with van der Waals surface area (Å²) in [6.07, 6.45) is 2.32. The second-order valence-corrected chi connectivity index (χ2v) is 5.58. The van der Waals surface area contributed by atoms with Gasteiger partial charge in [0.1, 0.15) is 0 Å². The zero-order chi connectivity index (χ0) is 13.1.